The number of hydrogen-bond acceptors (Lipinski definition) is 6. The van der Waals surface area contributed by atoms with E-state index >= 15 is 0 Å². The highest BCUT2D eigenvalue weighted by molar-refractivity contribution is 5.77. The Kier molecular flexibility index (Phi) is 3.81. The molecule has 1 fully saturated rings. The Morgan fingerprint density at radius 3 is 2.83 bits per heavy atom. The fourth-order valence-electron chi connectivity index (χ4n) is 1.52. The molecule has 2 rings (SSSR count). The third kappa shape index (κ3) is 3.76. The summed E-state index contributed by atoms with van der Waals surface area (Å²) in [5, 5.41) is 8.87. The zero-order valence-corrected chi connectivity index (χ0v) is 10.4. The van der Waals surface area contributed by atoms with E-state index in [1.807, 2.05) is 0 Å². The highest BCUT2D eigenvalue weighted by Gasteiger charge is 2.22. The smallest absolute Gasteiger partial charge is 0.223 e. The molecule has 1 aliphatic rings. The maximum Gasteiger partial charge on any atom is 0.223 e. The van der Waals surface area contributed by atoms with E-state index < -0.39 is 0 Å². The highest BCUT2D eigenvalue weighted by Crippen LogP contribution is 2.18. The maximum atomic E-state index is 11.5. The zero-order chi connectivity index (χ0) is 13.0. The number of nitrogens with zero attached hydrogens (tertiary/aromatic N) is 2. The summed E-state index contributed by atoms with van der Waals surface area (Å²) in [6.07, 6.45) is 2.63. The minimum Gasteiger partial charge on any atom is -0.373 e. The SMILES string of the molecule is CNc1cc(NCCC(=O)NC2CC2)nc(N)n1. The van der Waals surface area contributed by atoms with Crippen LogP contribution in [0.25, 0.3) is 0 Å². The van der Waals surface area contributed by atoms with Gasteiger partial charge in [-0.3, -0.25) is 4.79 Å². The number of amides is 1. The summed E-state index contributed by atoms with van der Waals surface area (Å²) >= 11 is 0. The van der Waals surface area contributed by atoms with E-state index in [0.29, 0.717) is 30.6 Å². The Hall–Kier alpha value is -2.05. The number of nitrogens with two attached hydrogens (primary N) is 1. The molecule has 0 unspecified atom stereocenters. The Morgan fingerprint density at radius 2 is 2.17 bits per heavy atom. The summed E-state index contributed by atoms with van der Waals surface area (Å²) in [6.45, 7) is 0.526. The first kappa shape index (κ1) is 12.4. The van der Waals surface area contributed by atoms with Crippen LogP contribution in [-0.2, 0) is 4.79 Å². The van der Waals surface area contributed by atoms with Crippen molar-refractivity contribution in [3.05, 3.63) is 6.07 Å². The second kappa shape index (κ2) is 5.52. The van der Waals surface area contributed by atoms with Crippen LogP contribution in [0.3, 0.4) is 0 Å². The van der Waals surface area contributed by atoms with Gasteiger partial charge >= 0.3 is 0 Å². The predicted octanol–water partition coefficient (Wildman–Crippen LogP) is 0.181. The predicted molar refractivity (Wildman–Crippen MR) is 70.3 cm³/mol. The minimum absolute atomic E-state index is 0.0702. The topological polar surface area (TPSA) is 105 Å². The van der Waals surface area contributed by atoms with Crippen LogP contribution in [0.2, 0.25) is 0 Å². The van der Waals surface area contributed by atoms with Crippen molar-refractivity contribution in [2.45, 2.75) is 25.3 Å². The lowest BCUT2D eigenvalue weighted by atomic mass is 10.4. The molecule has 0 bridgehead atoms. The average Bonchev–Trinajstić information content (AvgIpc) is 3.12. The zero-order valence-electron chi connectivity index (χ0n) is 10.4. The molecule has 0 aromatic carbocycles. The average molecular weight is 250 g/mol. The van der Waals surface area contributed by atoms with Gasteiger partial charge in [0.1, 0.15) is 11.6 Å². The molecule has 1 aromatic rings. The van der Waals surface area contributed by atoms with Crippen LogP contribution < -0.4 is 21.7 Å². The van der Waals surface area contributed by atoms with E-state index in [1.54, 1.807) is 13.1 Å². The Labute approximate surface area is 106 Å². The first-order valence-corrected chi connectivity index (χ1v) is 6.03. The molecule has 1 heterocycles. The van der Waals surface area contributed by atoms with Gasteiger partial charge in [-0.1, -0.05) is 0 Å². The van der Waals surface area contributed by atoms with Gasteiger partial charge in [-0.2, -0.15) is 9.97 Å². The Morgan fingerprint density at radius 1 is 1.44 bits per heavy atom. The summed E-state index contributed by atoms with van der Waals surface area (Å²) in [4.78, 5) is 19.5. The van der Waals surface area contributed by atoms with Crippen LogP contribution in [0, 0.1) is 0 Å². The largest absolute Gasteiger partial charge is 0.373 e. The number of rotatable bonds is 6. The quantitative estimate of drug-likeness (QED) is 0.574. The van der Waals surface area contributed by atoms with Crippen molar-refractivity contribution in [1.29, 1.82) is 0 Å². The summed E-state index contributed by atoms with van der Waals surface area (Å²) in [6, 6.07) is 2.15. The van der Waals surface area contributed by atoms with E-state index in [4.69, 9.17) is 5.73 Å². The third-order valence-corrected chi connectivity index (χ3v) is 2.60. The molecule has 1 aromatic heterocycles. The molecule has 1 amide bonds. The van der Waals surface area contributed by atoms with Crippen LogP contribution in [0.1, 0.15) is 19.3 Å². The van der Waals surface area contributed by atoms with Gasteiger partial charge in [-0.05, 0) is 12.8 Å². The molecule has 7 nitrogen and oxygen atoms in total. The summed E-state index contributed by atoms with van der Waals surface area (Å²) < 4.78 is 0. The number of carbonyl (C=O) groups excluding carboxylic acids is 1. The molecule has 0 atom stereocenters. The number of hydrogen-bond donors (Lipinski definition) is 4. The van der Waals surface area contributed by atoms with Crippen molar-refractivity contribution in [2.75, 3.05) is 30.0 Å². The normalized spacial score (nSPS) is 14.1. The van der Waals surface area contributed by atoms with Crippen LogP contribution >= 0.6 is 0 Å². The maximum absolute atomic E-state index is 11.5. The van der Waals surface area contributed by atoms with Gasteiger partial charge < -0.3 is 21.7 Å². The van der Waals surface area contributed by atoms with Gasteiger partial charge in [0, 0.05) is 32.1 Å². The second-order valence-corrected chi connectivity index (χ2v) is 4.27. The van der Waals surface area contributed by atoms with Crippen molar-refractivity contribution in [3.8, 4) is 0 Å². The van der Waals surface area contributed by atoms with E-state index in [0.717, 1.165) is 12.8 Å². The van der Waals surface area contributed by atoms with Crippen molar-refractivity contribution < 1.29 is 4.79 Å². The van der Waals surface area contributed by atoms with Gasteiger partial charge in [0.25, 0.3) is 0 Å². The summed E-state index contributed by atoms with van der Waals surface area (Å²) in [5.74, 6) is 1.53. The molecule has 1 saturated carbocycles. The number of carbonyl (C=O) groups is 1. The second-order valence-electron chi connectivity index (χ2n) is 4.27. The first-order valence-electron chi connectivity index (χ1n) is 6.03. The van der Waals surface area contributed by atoms with E-state index in [2.05, 4.69) is 25.9 Å². The standard InChI is InChI=1S/C11H18N6O/c1-13-8-6-9(17-11(12)16-8)14-5-4-10(18)15-7-2-3-7/h6-7H,2-5H2,1H3,(H,15,18)(H4,12,13,14,16,17). The van der Waals surface area contributed by atoms with E-state index in [9.17, 15) is 4.79 Å². The van der Waals surface area contributed by atoms with Crippen LogP contribution in [-0.4, -0.2) is 35.5 Å². The van der Waals surface area contributed by atoms with Gasteiger partial charge in [-0.15, -0.1) is 0 Å². The fourth-order valence-corrected chi connectivity index (χ4v) is 1.52. The van der Waals surface area contributed by atoms with Gasteiger partial charge in [0.15, 0.2) is 0 Å². The lowest BCUT2D eigenvalue weighted by Gasteiger charge is -2.08. The van der Waals surface area contributed by atoms with Crippen molar-refractivity contribution >= 4 is 23.5 Å². The number of aromatic nitrogens is 2. The summed E-state index contributed by atoms with van der Waals surface area (Å²) in [5.41, 5.74) is 5.56. The summed E-state index contributed by atoms with van der Waals surface area (Å²) in [7, 11) is 1.76. The van der Waals surface area contributed by atoms with E-state index in [-0.39, 0.29) is 11.9 Å². The number of nitrogen functional groups attached to an aromatic ring is 1. The van der Waals surface area contributed by atoms with Crippen molar-refractivity contribution in [3.63, 3.8) is 0 Å². The highest BCUT2D eigenvalue weighted by atomic mass is 16.1. The fraction of sp³-hybridized carbons (Fsp3) is 0.545. The van der Waals surface area contributed by atoms with Gasteiger partial charge in [0.2, 0.25) is 11.9 Å². The molecule has 0 spiro atoms. The Bertz CT molecular complexity index is 432. The van der Waals surface area contributed by atoms with Crippen molar-refractivity contribution in [2.24, 2.45) is 0 Å². The minimum atomic E-state index is 0.0702. The molecule has 5 N–H and O–H groups in total. The molecule has 1 aliphatic carbocycles. The molecule has 0 saturated heterocycles. The lowest BCUT2D eigenvalue weighted by Crippen LogP contribution is -2.27. The number of nitrogens with one attached hydrogen (secondary N) is 3. The lowest BCUT2D eigenvalue weighted by molar-refractivity contribution is -0.120. The first-order chi connectivity index (χ1) is 8.67. The van der Waals surface area contributed by atoms with E-state index in [1.165, 1.54) is 0 Å². The van der Waals surface area contributed by atoms with Gasteiger partial charge in [-0.25, -0.2) is 0 Å². The molecule has 98 valence electrons. The molecule has 0 aliphatic heterocycles. The number of anilines is 3. The molecule has 0 radical (unpaired) electrons. The monoisotopic (exact) mass is 250 g/mol. The van der Waals surface area contributed by atoms with Crippen LogP contribution in [0.5, 0.6) is 0 Å². The third-order valence-electron chi connectivity index (χ3n) is 2.60. The van der Waals surface area contributed by atoms with Crippen LogP contribution in [0.4, 0.5) is 17.6 Å². The molecule has 18 heavy (non-hydrogen) atoms. The van der Waals surface area contributed by atoms with Gasteiger partial charge in [0.05, 0.1) is 0 Å². The Balaban J connectivity index is 1.78. The molecular formula is C11H18N6O. The molecular weight excluding hydrogens is 232 g/mol. The van der Waals surface area contributed by atoms with Crippen LogP contribution in [0.15, 0.2) is 6.07 Å². The molecule has 7 heteroatoms. The van der Waals surface area contributed by atoms with Crippen molar-refractivity contribution in [1.82, 2.24) is 15.3 Å².